The van der Waals surface area contributed by atoms with Gasteiger partial charge < -0.3 is 4.42 Å². The average Bonchev–Trinajstić information content (AvgIpc) is 2.82. The number of aryl methyl sites for hydroxylation is 1. The quantitative estimate of drug-likeness (QED) is 0.388. The lowest BCUT2D eigenvalue weighted by molar-refractivity contribution is 0.0953. The van der Waals surface area contributed by atoms with Crippen molar-refractivity contribution in [1.82, 2.24) is 5.43 Å². The number of hydrogen-bond acceptors (Lipinski definition) is 4. The van der Waals surface area contributed by atoms with Crippen LogP contribution in [0.2, 0.25) is 0 Å². The maximum atomic E-state index is 11.4. The molecule has 100 valence electrons. The zero-order chi connectivity index (χ0) is 13.8. The summed E-state index contributed by atoms with van der Waals surface area (Å²) >= 11 is 5.16. The van der Waals surface area contributed by atoms with E-state index in [9.17, 15) is 4.79 Å². The molecular weight excluding hydrogens is 328 g/mol. The number of rotatable bonds is 4. The summed E-state index contributed by atoms with van der Waals surface area (Å²) in [5.74, 6) is 6.52. The molecule has 0 bridgehead atoms. The number of thioether (sulfide) groups is 1. The topological polar surface area (TPSA) is 68.3 Å². The Balaban J connectivity index is 2.09. The minimum absolute atomic E-state index is 0.300. The second-order valence-electron chi connectivity index (χ2n) is 3.91. The van der Waals surface area contributed by atoms with E-state index in [1.165, 1.54) is 0 Å². The average molecular weight is 341 g/mol. The maximum absolute atomic E-state index is 11.4. The first-order valence-corrected chi connectivity index (χ1v) is 7.36. The molecule has 1 heterocycles. The Kier molecular flexibility index (Phi) is 4.68. The first kappa shape index (κ1) is 14.2. The molecule has 6 heteroatoms. The number of halogens is 1. The molecule has 1 aromatic carbocycles. The van der Waals surface area contributed by atoms with Gasteiger partial charge in [-0.3, -0.25) is 10.2 Å². The van der Waals surface area contributed by atoms with Gasteiger partial charge in [-0.15, -0.1) is 11.8 Å². The highest BCUT2D eigenvalue weighted by molar-refractivity contribution is 9.10. The largest absolute Gasteiger partial charge is 0.468 e. The lowest BCUT2D eigenvalue weighted by Crippen LogP contribution is -2.29. The fraction of sp³-hybridized carbons (Fsp3) is 0.154. The zero-order valence-corrected chi connectivity index (χ0v) is 12.7. The summed E-state index contributed by atoms with van der Waals surface area (Å²) in [7, 11) is 0. The number of carbonyl (C=O) groups is 1. The standard InChI is InChI=1S/C13H13BrN2O2S/c1-8-12(4-5-18-8)19-7-10-3-2-9(6-11(10)14)13(17)16-15/h2-6H,7,15H2,1H3,(H,16,17). The van der Waals surface area contributed by atoms with Crippen molar-refractivity contribution in [1.29, 1.82) is 0 Å². The lowest BCUT2D eigenvalue weighted by Gasteiger charge is -2.06. The van der Waals surface area contributed by atoms with Crippen molar-refractivity contribution >= 4 is 33.6 Å². The highest BCUT2D eigenvalue weighted by Gasteiger charge is 2.08. The number of benzene rings is 1. The summed E-state index contributed by atoms with van der Waals surface area (Å²) in [5, 5.41) is 0. The summed E-state index contributed by atoms with van der Waals surface area (Å²) in [4.78, 5) is 12.5. The van der Waals surface area contributed by atoms with Crippen molar-refractivity contribution in [3.05, 3.63) is 51.9 Å². The predicted molar refractivity (Wildman–Crippen MR) is 78.8 cm³/mol. The number of furan rings is 1. The van der Waals surface area contributed by atoms with Crippen molar-refractivity contribution in [2.75, 3.05) is 0 Å². The van der Waals surface area contributed by atoms with E-state index < -0.39 is 0 Å². The van der Waals surface area contributed by atoms with E-state index in [2.05, 4.69) is 21.4 Å². The number of nitrogen functional groups attached to an aromatic ring is 1. The van der Waals surface area contributed by atoms with Gasteiger partial charge in [0.05, 0.1) is 6.26 Å². The smallest absolute Gasteiger partial charge is 0.265 e. The molecule has 1 amide bonds. The van der Waals surface area contributed by atoms with Crippen LogP contribution in [0.25, 0.3) is 0 Å². The predicted octanol–water partition coefficient (Wildman–Crippen LogP) is 3.25. The molecule has 0 fully saturated rings. The SMILES string of the molecule is Cc1occc1SCc1ccc(C(=O)NN)cc1Br. The van der Waals surface area contributed by atoms with Crippen molar-refractivity contribution < 1.29 is 9.21 Å². The van der Waals surface area contributed by atoms with Gasteiger partial charge in [-0.1, -0.05) is 22.0 Å². The van der Waals surface area contributed by atoms with Crippen molar-refractivity contribution in [3.63, 3.8) is 0 Å². The van der Waals surface area contributed by atoms with Crippen LogP contribution in [0, 0.1) is 6.92 Å². The normalized spacial score (nSPS) is 10.5. The minimum Gasteiger partial charge on any atom is -0.468 e. The summed E-state index contributed by atoms with van der Waals surface area (Å²) < 4.78 is 6.14. The molecule has 0 aliphatic carbocycles. The summed E-state index contributed by atoms with van der Waals surface area (Å²) in [6.07, 6.45) is 1.68. The first-order chi connectivity index (χ1) is 9.11. The summed E-state index contributed by atoms with van der Waals surface area (Å²) in [6.45, 7) is 1.94. The second-order valence-corrected chi connectivity index (χ2v) is 5.78. The third-order valence-corrected chi connectivity index (χ3v) is 4.57. The summed E-state index contributed by atoms with van der Waals surface area (Å²) in [5.41, 5.74) is 3.75. The van der Waals surface area contributed by atoms with Crippen LogP contribution < -0.4 is 11.3 Å². The second kappa shape index (κ2) is 6.27. The van der Waals surface area contributed by atoms with Crippen LogP contribution in [0.1, 0.15) is 21.7 Å². The Morgan fingerprint density at radius 2 is 2.26 bits per heavy atom. The number of nitrogens with one attached hydrogen (secondary N) is 1. The molecule has 0 spiro atoms. The molecule has 0 aliphatic rings. The van der Waals surface area contributed by atoms with E-state index in [1.807, 2.05) is 19.1 Å². The molecule has 3 N–H and O–H groups in total. The third kappa shape index (κ3) is 3.40. The van der Waals surface area contributed by atoms with Gasteiger partial charge >= 0.3 is 0 Å². The number of nitrogens with two attached hydrogens (primary N) is 1. The van der Waals surface area contributed by atoms with Crippen LogP contribution in [0.3, 0.4) is 0 Å². The van der Waals surface area contributed by atoms with Crippen LogP contribution in [0.4, 0.5) is 0 Å². The van der Waals surface area contributed by atoms with E-state index in [-0.39, 0.29) is 5.91 Å². The van der Waals surface area contributed by atoms with Crippen LogP contribution in [0.15, 0.2) is 44.3 Å². The van der Waals surface area contributed by atoms with Crippen molar-refractivity contribution in [2.45, 2.75) is 17.6 Å². The fourth-order valence-electron chi connectivity index (χ4n) is 1.57. The third-order valence-electron chi connectivity index (χ3n) is 2.64. The molecule has 2 rings (SSSR count). The van der Waals surface area contributed by atoms with Gasteiger partial charge in [0.1, 0.15) is 5.76 Å². The molecule has 4 nitrogen and oxygen atoms in total. The van der Waals surface area contributed by atoms with Gasteiger partial charge in [-0.05, 0) is 30.7 Å². The van der Waals surface area contributed by atoms with E-state index >= 15 is 0 Å². The van der Waals surface area contributed by atoms with Gasteiger partial charge in [0.15, 0.2) is 0 Å². The van der Waals surface area contributed by atoms with Crippen LogP contribution in [-0.2, 0) is 5.75 Å². The molecule has 19 heavy (non-hydrogen) atoms. The van der Waals surface area contributed by atoms with Crippen molar-refractivity contribution in [3.8, 4) is 0 Å². The highest BCUT2D eigenvalue weighted by atomic mass is 79.9. The van der Waals surface area contributed by atoms with E-state index in [1.54, 1.807) is 30.2 Å². The first-order valence-electron chi connectivity index (χ1n) is 5.58. The van der Waals surface area contributed by atoms with Gasteiger partial charge in [0.2, 0.25) is 0 Å². The maximum Gasteiger partial charge on any atom is 0.265 e. The monoisotopic (exact) mass is 340 g/mol. The Morgan fingerprint density at radius 1 is 1.47 bits per heavy atom. The number of amides is 1. The van der Waals surface area contributed by atoms with E-state index in [0.717, 1.165) is 26.4 Å². The molecule has 0 saturated heterocycles. The lowest BCUT2D eigenvalue weighted by atomic mass is 10.1. The molecular formula is C13H13BrN2O2S. The number of hydrogen-bond donors (Lipinski definition) is 2. The van der Waals surface area contributed by atoms with Gasteiger partial charge in [0, 0.05) is 20.7 Å². The Labute approximate surface area is 123 Å². The van der Waals surface area contributed by atoms with Crippen LogP contribution in [0.5, 0.6) is 0 Å². The molecule has 0 radical (unpaired) electrons. The van der Waals surface area contributed by atoms with Gasteiger partial charge in [0.25, 0.3) is 5.91 Å². The number of carbonyl (C=O) groups excluding carboxylic acids is 1. The molecule has 0 saturated carbocycles. The van der Waals surface area contributed by atoms with Crippen LogP contribution in [-0.4, -0.2) is 5.91 Å². The van der Waals surface area contributed by atoms with Gasteiger partial charge in [-0.2, -0.15) is 0 Å². The Morgan fingerprint density at radius 3 is 2.84 bits per heavy atom. The van der Waals surface area contributed by atoms with E-state index in [0.29, 0.717) is 5.56 Å². The molecule has 0 unspecified atom stereocenters. The fourth-order valence-corrected chi connectivity index (χ4v) is 3.24. The molecule has 1 aromatic heterocycles. The minimum atomic E-state index is -0.300. The zero-order valence-electron chi connectivity index (χ0n) is 10.3. The number of hydrazine groups is 1. The Bertz CT molecular complexity index is 598. The highest BCUT2D eigenvalue weighted by Crippen LogP contribution is 2.30. The van der Waals surface area contributed by atoms with Crippen LogP contribution >= 0.6 is 27.7 Å². The molecule has 2 aromatic rings. The molecule has 0 aliphatic heterocycles. The Hall–Kier alpha value is -1.24. The van der Waals surface area contributed by atoms with Gasteiger partial charge in [-0.25, -0.2) is 5.84 Å². The van der Waals surface area contributed by atoms with Crippen molar-refractivity contribution in [2.24, 2.45) is 5.84 Å². The van der Waals surface area contributed by atoms with E-state index in [4.69, 9.17) is 10.3 Å². The summed E-state index contributed by atoms with van der Waals surface area (Å²) in [6, 6.07) is 7.38. The molecule has 0 atom stereocenters.